The van der Waals surface area contributed by atoms with E-state index in [1.807, 2.05) is 36.2 Å². The Morgan fingerprint density at radius 3 is 2.69 bits per heavy atom. The van der Waals surface area contributed by atoms with Crippen LogP contribution in [-0.2, 0) is 11.3 Å². The van der Waals surface area contributed by atoms with Crippen LogP contribution in [0.2, 0.25) is 0 Å². The summed E-state index contributed by atoms with van der Waals surface area (Å²) in [7, 11) is 3.37. The smallest absolute Gasteiger partial charge is 0.271 e. The highest BCUT2D eigenvalue weighted by molar-refractivity contribution is 7.15. The second kappa shape index (κ2) is 9.35. The molecular weight excluding hydrogens is 426 g/mol. The monoisotopic (exact) mass is 451 g/mol. The van der Waals surface area contributed by atoms with E-state index in [1.165, 1.54) is 11.1 Å². The molecule has 1 saturated heterocycles. The average molecular weight is 452 g/mol. The topological polar surface area (TPSA) is 87.7 Å². The number of amides is 2. The van der Waals surface area contributed by atoms with Crippen molar-refractivity contribution in [3.8, 4) is 11.5 Å². The van der Waals surface area contributed by atoms with Crippen molar-refractivity contribution in [1.82, 2.24) is 19.8 Å². The first-order valence-electron chi connectivity index (χ1n) is 10.3. The van der Waals surface area contributed by atoms with Gasteiger partial charge in [0, 0.05) is 55.9 Å². The maximum atomic E-state index is 12.2. The van der Waals surface area contributed by atoms with Gasteiger partial charge in [-0.2, -0.15) is 0 Å². The number of nitrogens with zero attached hydrogens (tertiary/aromatic N) is 4. The second-order valence-corrected chi connectivity index (χ2v) is 9.06. The van der Waals surface area contributed by atoms with Crippen LogP contribution in [0.3, 0.4) is 0 Å². The zero-order chi connectivity index (χ0) is 22.7. The number of aryl methyl sites for hydroxylation is 1. The molecule has 1 N–H and O–H groups in total. The lowest BCUT2D eigenvalue weighted by Gasteiger charge is -2.19. The molecule has 2 aromatic heterocycles. The number of aromatic nitrogens is 2. The minimum Gasteiger partial charge on any atom is -0.455 e. The van der Waals surface area contributed by atoms with Gasteiger partial charge in [0.05, 0.1) is 6.20 Å². The molecule has 3 heterocycles. The predicted molar refractivity (Wildman–Crippen MR) is 124 cm³/mol. The number of likely N-dealkylation sites (tertiary alicyclic amines) is 1. The highest BCUT2D eigenvalue weighted by atomic mass is 32.1. The molecule has 0 spiro atoms. The first-order chi connectivity index (χ1) is 15.4. The number of pyridine rings is 1. The summed E-state index contributed by atoms with van der Waals surface area (Å²) in [4.78, 5) is 37.3. The lowest BCUT2D eigenvalue weighted by molar-refractivity contribution is -0.128. The summed E-state index contributed by atoms with van der Waals surface area (Å²) in [6.45, 7) is 3.21. The normalized spacial score (nSPS) is 13.3. The Kier molecular flexibility index (Phi) is 6.36. The Hall–Kier alpha value is -3.46. The Balaban J connectivity index is 1.58. The molecule has 1 fully saturated rings. The summed E-state index contributed by atoms with van der Waals surface area (Å²) in [5.41, 5.74) is 2.11. The van der Waals surface area contributed by atoms with Gasteiger partial charge in [0.15, 0.2) is 5.13 Å². The van der Waals surface area contributed by atoms with Gasteiger partial charge in [-0.25, -0.2) is 9.97 Å². The summed E-state index contributed by atoms with van der Waals surface area (Å²) < 4.78 is 6.09. The highest BCUT2D eigenvalue weighted by Crippen LogP contribution is 2.31. The van der Waals surface area contributed by atoms with Crippen molar-refractivity contribution < 1.29 is 14.3 Å². The van der Waals surface area contributed by atoms with Gasteiger partial charge in [0.1, 0.15) is 17.2 Å². The Morgan fingerprint density at radius 1 is 1.22 bits per heavy atom. The fourth-order valence-corrected chi connectivity index (χ4v) is 4.10. The molecule has 1 aliphatic heterocycles. The number of carbonyl (C=O) groups excluding carboxylic acids is 2. The fourth-order valence-electron chi connectivity index (χ4n) is 3.42. The van der Waals surface area contributed by atoms with Crippen molar-refractivity contribution in [2.24, 2.45) is 0 Å². The summed E-state index contributed by atoms with van der Waals surface area (Å²) in [6, 6.07) is 9.13. The van der Waals surface area contributed by atoms with E-state index in [0.717, 1.165) is 34.2 Å². The van der Waals surface area contributed by atoms with Crippen LogP contribution in [0.5, 0.6) is 11.5 Å². The largest absolute Gasteiger partial charge is 0.455 e. The van der Waals surface area contributed by atoms with Crippen molar-refractivity contribution >= 4 is 34.0 Å². The van der Waals surface area contributed by atoms with E-state index >= 15 is 0 Å². The molecule has 32 heavy (non-hydrogen) atoms. The molecular formula is C23H25N5O3S. The third-order valence-electron chi connectivity index (χ3n) is 5.06. The number of carbonyl (C=O) groups is 2. The molecule has 4 rings (SSSR count). The van der Waals surface area contributed by atoms with E-state index in [0.29, 0.717) is 30.2 Å². The van der Waals surface area contributed by atoms with Gasteiger partial charge in [-0.05, 0) is 43.7 Å². The number of thiazole rings is 1. The van der Waals surface area contributed by atoms with E-state index < -0.39 is 0 Å². The van der Waals surface area contributed by atoms with Gasteiger partial charge < -0.3 is 19.9 Å². The molecule has 1 aliphatic rings. The molecule has 2 amide bonds. The SMILES string of the molecule is Cc1cnc(Nc2ccc(Oc3ccc(C(=O)N(C)C)nc3)c(CN3CCCC3=O)c2)s1. The Bertz CT molecular complexity index is 1130. The first kappa shape index (κ1) is 21.8. The molecule has 0 bridgehead atoms. The zero-order valence-corrected chi connectivity index (χ0v) is 19.1. The lowest BCUT2D eigenvalue weighted by Crippen LogP contribution is -2.24. The van der Waals surface area contributed by atoms with Gasteiger partial charge >= 0.3 is 0 Å². The van der Waals surface area contributed by atoms with Crippen LogP contribution in [0, 0.1) is 6.92 Å². The Morgan fingerprint density at radius 2 is 2.06 bits per heavy atom. The average Bonchev–Trinajstić information content (AvgIpc) is 3.37. The minimum absolute atomic E-state index is 0.151. The van der Waals surface area contributed by atoms with E-state index in [1.54, 1.807) is 37.6 Å². The third-order valence-corrected chi connectivity index (χ3v) is 5.88. The van der Waals surface area contributed by atoms with E-state index in [4.69, 9.17) is 4.74 Å². The van der Waals surface area contributed by atoms with Gasteiger partial charge in [0.2, 0.25) is 5.91 Å². The van der Waals surface area contributed by atoms with Crippen molar-refractivity contribution in [3.05, 3.63) is 58.9 Å². The third kappa shape index (κ3) is 5.05. The minimum atomic E-state index is -0.169. The molecule has 1 aromatic carbocycles. The number of hydrogen-bond acceptors (Lipinski definition) is 7. The van der Waals surface area contributed by atoms with Gasteiger partial charge in [-0.1, -0.05) is 0 Å². The van der Waals surface area contributed by atoms with Gasteiger partial charge in [-0.15, -0.1) is 11.3 Å². The Labute approximate surface area is 190 Å². The van der Waals surface area contributed by atoms with Gasteiger partial charge in [-0.3, -0.25) is 9.59 Å². The molecule has 0 unspecified atom stereocenters. The molecule has 3 aromatic rings. The number of benzene rings is 1. The number of rotatable bonds is 7. The number of ether oxygens (including phenoxy) is 1. The van der Waals surface area contributed by atoms with Crippen molar-refractivity contribution in [3.63, 3.8) is 0 Å². The summed E-state index contributed by atoms with van der Waals surface area (Å²) in [5, 5.41) is 4.13. The fraction of sp³-hybridized carbons (Fsp3) is 0.304. The van der Waals surface area contributed by atoms with Crippen LogP contribution in [-0.4, -0.2) is 52.2 Å². The van der Waals surface area contributed by atoms with E-state index in [9.17, 15) is 9.59 Å². The maximum absolute atomic E-state index is 12.2. The molecule has 0 aliphatic carbocycles. The number of nitrogens with one attached hydrogen (secondary N) is 1. The molecule has 0 atom stereocenters. The molecule has 166 valence electrons. The molecule has 0 radical (unpaired) electrons. The summed E-state index contributed by atoms with van der Waals surface area (Å²) in [5.74, 6) is 1.14. The lowest BCUT2D eigenvalue weighted by atomic mass is 10.1. The maximum Gasteiger partial charge on any atom is 0.271 e. The zero-order valence-electron chi connectivity index (χ0n) is 18.3. The van der Waals surface area contributed by atoms with Crippen LogP contribution in [0.1, 0.15) is 33.8 Å². The standard InChI is InChI=1S/C23H25N5O3S/c1-15-12-25-23(32-15)26-17-6-9-20(16(11-17)14-28-10-4-5-21(28)29)31-18-7-8-19(24-13-18)22(30)27(2)3/h6-9,11-13H,4-5,10,14H2,1-3H3,(H,25,26). The molecule has 9 heteroatoms. The van der Waals surface area contributed by atoms with Crippen LogP contribution in [0.4, 0.5) is 10.8 Å². The quantitative estimate of drug-likeness (QED) is 0.579. The van der Waals surface area contributed by atoms with Crippen LogP contribution >= 0.6 is 11.3 Å². The van der Waals surface area contributed by atoms with E-state index in [-0.39, 0.29) is 11.8 Å². The summed E-state index contributed by atoms with van der Waals surface area (Å²) in [6.07, 6.45) is 4.81. The van der Waals surface area contributed by atoms with Crippen molar-refractivity contribution in [2.75, 3.05) is 26.0 Å². The van der Waals surface area contributed by atoms with Crippen LogP contribution in [0.15, 0.2) is 42.7 Å². The first-order valence-corrected chi connectivity index (χ1v) is 11.2. The predicted octanol–water partition coefficient (Wildman–Crippen LogP) is 4.21. The van der Waals surface area contributed by atoms with Crippen LogP contribution in [0.25, 0.3) is 0 Å². The van der Waals surface area contributed by atoms with Crippen LogP contribution < -0.4 is 10.1 Å². The van der Waals surface area contributed by atoms with Gasteiger partial charge in [0.25, 0.3) is 5.91 Å². The number of anilines is 2. The molecule has 0 saturated carbocycles. The molecule has 8 nitrogen and oxygen atoms in total. The van der Waals surface area contributed by atoms with Crippen molar-refractivity contribution in [1.29, 1.82) is 0 Å². The highest BCUT2D eigenvalue weighted by Gasteiger charge is 2.22. The van der Waals surface area contributed by atoms with Crippen molar-refractivity contribution in [2.45, 2.75) is 26.3 Å². The van der Waals surface area contributed by atoms with E-state index in [2.05, 4.69) is 15.3 Å². The second-order valence-electron chi connectivity index (χ2n) is 7.82. The summed E-state index contributed by atoms with van der Waals surface area (Å²) >= 11 is 1.58. The number of hydrogen-bond donors (Lipinski definition) is 1.